The highest BCUT2D eigenvalue weighted by molar-refractivity contribution is 5.89. The van der Waals surface area contributed by atoms with Crippen molar-refractivity contribution in [2.24, 2.45) is 0 Å². The lowest BCUT2D eigenvalue weighted by Crippen LogP contribution is -2.15. The first-order valence-electron chi connectivity index (χ1n) is 8.92. The Morgan fingerprint density at radius 1 is 1.19 bits per heavy atom. The number of benzene rings is 1. The van der Waals surface area contributed by atoms with Crippen LogP contribution in [0.3, 0.4) is 0 Å². The number of hydrogen-bond donors (Lipinski definition) is 1. The highest BCUT2D eigenvalue weighted by Gasteiger charge is 2.13. The number of anilines is 1. The molecule has 0 unspecified atom stereocenters. The minimum Gasteiger partial charge on any atom is -0.440 e. The fraction of sp³-hybridized carbons (Fsp3) is 0.286. The Morgan fingerprint density at radius 2 is 1.96 bits per heavy atom. The topological polar surface area (TPSA) is 71.3 Å². The van der Waals surface area contributed by atoms with Gasteiger partial charge in [0.1, 0.15) is 5.82 Å². The summed E-state index contributed by atoms with van der Waals surface area (Å²) in [6.45, 7) is 2.71. The molecule has 3 aromatic rings. The van der Waals surface area contributed by atoms with Crippen molar-refractivity contribution in [3.63, 3.8) is 0 Å². The maximum atomic E-state index is 12.3. The van der Waals surface area contributed by atoms with Crippen LogP contribution in [-0.2, 0) is 17.8 Å². The number of aromatic nitrogens is 2. The third kappa shape index (κ3) is 5.24. The van der Waals surface area contributed by atoms with Gasteiger partial charge < -0.3 is 14.6 Å². The van der Waals surface area contributed by atoms with Crippen LogP contribution >= 0.6 is 0 Å². The van der Waals surface area contributed by atoms with Crippen LogP contribution < -0.4 is 5.32 Å². The van der Waals surface area contributed by atoms with Gasteiger partial charge in [-0.05, 0) is 38.7 Å². The van der Waals surface area contributed by atoms with Crippen LogP contribution in [0.4, 0.5) is 5.82 Å². The van der Waals surface area contributed by atoms with Crippen LogP contribution in [0, 0.1) is 6.92 Å². The molecular formula is C21H24N4O2. The highest BCUT2D eigenvalue weighted by Crippen LogP contribution is 2.24. The van der Waals surface area contributed by atoms with Gasteiger partial charge in [-0.3, -0.25) is 4.79 Å². The van der Waals surface area contributed by atoms with E-state index in [0.717, 1.165) is 29.1 Å². The van der Waals surface area contributed by atoms with Gasteiger partial charge in [-0.15, -0.1) is 0 Å². The normalized spacial score (nSPS) is 11.0. The van der Waals surface area contributed by atoms with Gasteiger partial charge in [0.25, 0.3) is 0 Å². The molecule has 1 amide bonds. The molecule has 6 nitrogen and oxygen atoms in total. The number of aryl methyl sites for hydroxylation is 2. The van der Waals surface area contributed by atoms with Crippen molar-refractivity contribution in [1.29, 1.82) is 0 Å². The predicted molar refractivity (Wildman–Crippen MR) is 105 cm³/mol. The second kappa shape index (κ2) is 8.60. The fourth-order valence-corrected chi connectivity index (χ4v) is 2.85. The summed E-state index contributed by atoms with van der Waals surface area (Å²) in [6, 6.07) is 13.7. The monoisotopic (exact) mass is 364 g/mol. The molecule has 3 rings (SSSR count). The van der Waals surface area contributed by atoms with Crippen molar-refractivity contribution in [3.05, 3.63) is 65.8 Å². The maximum Gasteiger partial charge on any atom is 0.226 e. The molecule has 6 heteroatoms. The molecule has 0 radical (unpaired) electrons. The Kier molecular flexibility index (Phi) is 5.98. The van der Waals surface area contributed by atoms with E-state index in [1.54, 1.807) is 6.20 Å². The predicted octanol–water partition coefficient (Wildman–Crippen LogP) is 3.68. The van der Waals surface area contributed by atoms with E-state index in [-0.39, 0.29) is 12.3 Å². The summed E-state index contributed by atoms with van der Waals surface area (Å²) in [7, 11) is 4.00. The average molecular weight is 364 g/mol. The van der Waals surface area contributed by atoms with Gasteiger partial charge in [-0.1, -0.05) is 30.3 Å². The van der Waals surface area contributed by atoms with E-state index < -0.39 is 0 Å². The summed E-state index contributed by atoms with van der Waals surface area (Å²) >= 11 is 0. The molecule has 0 fully saturated rings. The number of pyridine rings is 1. The molecule has 2 aromatic heterocycles. The minimum absolute atomic E-state index is 0.110. The summed E-state index contributed by atoms with van der Waals surface area (Å²) in [5, 5.41) is 2.84. The zero-order chi connectivity index (χ0) is 19.2. The van der Waals surface area contributed by atoms with E-state index >= 15 is 0 Å². The Hall–Kier alpha value is -2.99. The molecule has 27 heavy (non-hydrogen) atoms. The molecular weight excluding hydrogens is 340 g/mol. The number of nitrogens with one attached hydrogen (secondary N) is 1. The van der Waals surface area contributed by atoms with Crippen molar-refractivity contribution in [3.8, 4) is 11.3 Å². The van der Waals surface area contributed by atoms with Crippen molar-refractivity contribution in [1.82, 2.24) is 14.9 Å². The zero-order valence-electron chi connectivity index (χ0n) is 15.9. The molecule has 1 N–H and O–H groups in total. The van der Waals surface area contributed by atoms with Gasteiger partial charge in [0.2, 0.25) is 5.91 Å². The van der Waals surface area contributed by atoms with Crippen molar-refractivity contribution in [2.75, 3.05) is 19.4 Å². The number of hydrogen-bond acceptors (Lipinski definition) is 5. The van der Waals surface area contributed by atoms with Gasteiger partial charge in [0.05, 0.1) is 5.69 Å². The van der Waals surface area contributed by atoms with E-state index in [1.807, 2.05) is 63.5 Å². The summed E-state index contributed by atoms with van der Waals surface area (Å²) < 4.78 is 5.85. The van der Waals surface area contributed by atoms with Crippen LogP contribution in [0.15, 0.2) is 53.1 Å². The standard InChI is InChI=1S/C21H24N4O2/c1-15-21(17-7-5-4-6-8-17)27-20(23-15)10-9-19(26)24-18-13-16(11-12-22-18)14-25(2)3/h4-8,11-13H,9-10,14H2,1-3H3,(H,22,24,26). The van der Waals surface area contributed by atoms with Crippen LogP contribution in [-0.4, -0.2) is 34.9 Å². The van der Waals surface area contributed by atoms with E-state index in [9.17, 15) is 4.79 Å². The van der Waals surface area contributed by atoms with Gasteiger partial charge in [-0.2, -0.15) is 0 Å². The van der Waals surface area contributed by atoms with Gasteiger partial charge >= 0.3 is 0 Å². The Balaban J connectivity index is 1.58. The minimum atomic E-state index is -0.110. The zero-order valence-corrected chi connectivity index (χ0v) is 15.9. The van der Waals surface area contributed by atoms with E-state index in [4.69, 9.17) is 4.42 Å². The van der Waals surface area contributed by atoms with E-state index in [2.05, 4.69) is 20.2 Å². The second-order valence-corrected chi connectivity index (χ2v) is 6.72. The van der Waals surface area contributed by atoms with Crippen molar-refractivity contribution in [2.45, 2.75) is 26.3 Å². The van der Waals surface area contributed by atoms with E-state index in [0.29, 0.717) is 18.1 Å². The van der Waals surface area contributed by atoms with Crippen molar-refractivity contribution >= 4 is 11.7 Å². The molecule has 140 valence electrons. The second-order valence-electron chi connectivity index (χ2n) is 6.72. The SMILES string of the molecule is Cc1nc(CCC(=O)Nc2cc(CN(C)C)ccn2)oc1-c1ccccc1. The maximum absolute atomic E-state index is 12.3. The smallest absolute Gasteiger partial charge is 0.226 e. The third-order valence-corrected chi connectivity index (χ3v) is 4.03. The van der Waals surface area contributed by atoms with Gasteiger partial charge in [0.15, 0.2) is 11.7 Å². The van der Waals surface area contributed by atoms with Crippen LogP contribution in [0.25, 0.3) is 11.3 Å². The lowest BCUT2D eigenvalue weighted by atomic mass is 10.1. The quantitative estimate of drug-likeness (QED) is 0.692. The summed E-state index contributed by atoms with van der Waals surface area (Å²) in [4.78, 5) is 23.0. The molecule has 2 heterocycles. The van der Waals surface area contributed by atoms with Crippen LogP contribution in [0.2, 0.25) is 0 Å². The highest BCUT2D eigenvalue weighted by atomic mass is 16.4. The number of amides is 1. The average Bonchev–Trinajstić information content (AvgIpc) is 3.01. The molecule has 0 spiro atoms. The molecule has 0 aliphatic heterocycles. The lowest BCUT2D eigenvalue weighted by molar-refractivity contribution is -0.116. The number of rotatable bonds is 7. The Morgan fingerprint density at radius 3 is 2.70 bits per heavy atom. The summed E-state index contributed by atoms with van der Waals surface area (Å²) in [5.74, 6) is 1.77. The molecule has 0 aliphatic rings. The van der Waals surface area contributed by atoms with Crippen LogP contribution in [0.1, 0.15) is 23.6 Å². The Bertz CT molecular complexity index is 904. The van der Waals surface area contributed by atoms with Gasteiger partial charge in [0, 0.05) is 31.1 Å². The first-order valence-corrected chi connectivity index (χ1v) is 8.92. The van der Waals surface area contributed by atoms with E-state index in [1.165, 1.54) is 0 Å². The number of oxazole rings is 1. The number of carbonyl (C=O) groups excluding carboxylic acids is 1. The van der Waals surface area contributed by atoms with Crippen LogP contribution in [0.5, 0.6) is 0 Å². The molecule has 0 atom stereocenters. The molecule has 0 saturated carbocycles. The Labute approximate surface area is 159 Å². The first kappa shape index (κ1) is 18.8. The largest absolute Gasteiger partial charge is 0.440 e. The molecule has 1 aromatic carbocycles. The fourth-order valence-electron chi connectivity index (χ4n) is 2.85. The third-order valence-electron chi connectivity index (χ3n) is 4.03. The number of nitrogens with zero attached hydrogens (tertiary/aromatic N) is 3. The molecule has 0 aliphatic carbocycles. The lowest BCUT2D eigenvalue weighted by Gasteiger charge is -2.10. The molecule has 0 saturated heterocycles. The van der Waals surface area contributed by atoms with Crippen molar-refractivity contribution < 1.29 is 9.21 Å². The molecule has 0 bridgehead atoms. The summed E-state index contributed by atoms with van der Waals surface area (Å²) in [6.07, 6.45) is 2.43. The first-order chi connectivity index (χ1) is 13.0. The van der Waals surface area contributed by atoms with Gasteiger partial charge in [-0.25, -0.2) is 9.97 Å². The number of carbonyl (C=O) groups is 1. The summed E-state index contributed by atoms with van der Waals surface area (Å²) in [5.41, 5.74) is 2.91.